The van der Waals surface area contributed by atoms with Gasteiger partial charge in [0.25, 0.3) is 0 Å². The molecule has 0 saturated carbocycles. The molecule has 2 unspecified atom stereocenters. The molecule has 2 aromatic heterocycles. The Kier molecular flexibility index (Phi) is 6.32. The maximum absolute atomic E-state index is 8.30. The van der Waals surface area contributed by atoms with Gasteiger partial charge in [0.1, 0.15) is 0 Å². The van der Waals surface area contributed by atoms with Gasteiger partial charge in [-0.3, -0.25) is 0 Å². The molecule has 0 N–H and O–H groups in total. The number of allylic oxidation sites excluding steroid dienone is 2. The summed E-state index contributed by atoms with van der Waals surface area (Å²) in [5.74, 6) is 2.03. The molecule has 2 nitrogen and oxygen atoms in total. The summed E-state index contributed by atoms with van der Waals surface area (Å²) < 4.78 is 12.2. The van der Waals surface area contributed by atoms with Crippen molar-refractivity contribution >= 4 is 35.1 Å². The van der Waals surface area contributed by atoms with Gasteiger partial charge in [-0.05, 0) is 0 Å². The van der Waals surface area contributed by atoms with E-state index in [0.717, 1.165) is 34.2 Å². The van der Waals surface area contributed by atoms with Gasteiger partial charge in [0.2, 0.25) is 0 Å². The van der Waals surface area contributed by atoms with Gasteiger partial charge >= 0.3 is 236 Å². The molecule has 0 amide bonds. The second kappa shape index (κ2) is 9.10. The molecule has 0 aliphatic heterocycles. The van der Waals surface area contributed by atoms with Gasteiger partial charge < -0.3 is 0 Å². The second-order valence-corrected chi connectivity index (χ2v) is 54.0. The zero-order valence-corrected chi connectivity index (χ0v) is 27.9. The van der Waals surface area contributed by atoms with Crippen LogP contribution in [-0.2, 0) is 15.6 Å². The van der Waals surface area contributed by atoms with E-state index in [9.17, 15) is 0 Å². The molecule has 0 saturated heterocycles. The summed E-state index contributed by atoms with van der Waals surface area (Å²) in [4.78, 5) is 0. The molecule has 2 aromatic carbocycles. The second-order valence-electron chi connectivity index (χ2n) is 11.5. The monoisotopic (exact) mass is 637 g/mol. The van der Waals surface area contributed by atoms with Crippen molar-refractivity contribution in [3.8, 4) is 22.6 Å². The van der Waals surface area contributed by atoms with Crippen molar-refractivity contribution in [2.75, 3.05) is 0 Å². The number of fused-ring (bicyclic) bond motifs is 2. The summed E-state index contributed by atoms with van der Waals surface area (Å²) in [6.45, 7) is 13.2. The Morgan fingerprint density at radius 2 is 1.05 bits per heavy atom. The summed E-state index contributed by atoms with van der Waals surface area (Å²) >= 11 is -4.68. The normalized spacial score (nSPS) is 19.7. The molecule has 0 fully saturated rings. The fourth-order valence-corrected chi connectivity index (χ4v) is 39.9. The molecular formula is C32H33Cl2O2SiZr. The zero-order chi connectivity index (χ0) is 27.0. The molecule has 0 radical (unpaired) electrons. The van der Waals surface area contributed by atoms with Gasteiger partial charge in [-0.1, -0.05) is 0 Å². The fraction of sp³-hybridized carbons (Fsp3) is 0.250. The average Bonchev–Trinajstić information content (AvgIpc) is 3.63. The molecule has 38 heavy (non-hydrogen) atoms. The molecule has 2 aliphatic carbocycles. The predicted molar refractivity (Wildman–Crippen MR) is 161 cm³/mol. The summed E-state index contributed by atoms with van der Waals surface area (Å²) in [5, 5.41) is 0. The molecule has 0 spiro atoms. The summed E-state index contributed by atoms with van der Waals surface area (Å²) in [5.41, 5.74) is 9.75. The van der Waals surface area contributed by atoms with E-state index in [0.29, 0.717) is 0 Å². The first-order chi connectivity index (χ1) is 18.0. The Morgan fingerprint density at radius 1 is 0.632 bits per heavy atom. The molecule has 2 atom stereocenters. The van der Waals surface area contributed by atoms with Crippen molar-refractivity contribution in [2.24, 2.45) is 0 Å². The van der Waals surface area contributed by atoms with Gasteiger partial charge in [0.05, 0.1) is 0 Å². The zero-order valence-electron chi connectivity index (χ0n) is 22.7. The minimum atomic E-state index is -4.68. The Balaban J connectivity index is 1.55. The van der Waals surface area contributed by atoms with E-state index < -0.39 is 21.5 Å². The van der Waals surface area contributed by atoms with Crippen molar-refractivity contribution in [1.29, 1.82) is 0 Å². The van der Waals surface area contributed by atoms with Gasteiger partial charge in [-0.25, -0.2) is 0 Å². The first-order valence-electron chi connectivity index (χ1n) is 13.3. The van der Waals surface area contributed by atoms with Crippen LogP contribution in [0.15, 0.2) is 80.6 Å². The number of aryl methyl sites for hydroxylation is 2. The number of hydrogen-bond donors (Lipinski definition) is 0. The number of halogens is 2. The number of hydrogen-bond acceptors (Lipinski definition) is 2. The first-order valence-corrected chi connectivity index (χ1v) is 29.6. The number of furan rings is 2. The van der Waals surface area contributed by atoms with Crippen LogP contribution in [0.5, 0.6) is 0 Å². The minimum absolute atomic E-state index is 0.0614. The third-order valence-electron chi connectivity index (χ3n) is 8.77. The number of benzene rings is 2. The standard InChI is InChI=1S/2C15H13O.C2H7Si.2ClH.Zr/c2*1-10-8-12-4-3-5-13(14(12)9-10)15-7-6-11(2)16-15;1-3-2;;;/h2*3-9H,1-2H3;3H,1-2H3;2*1H;/q;;;;;+2/p-2. The Hall–Kier alpha value is -1.84. The Morgan fingerprint density at radius 3 is 1.39 bits per heavy atom. The average molecular weight is 640 g/mol. The quantitative estimate of drug-likeness (QED) is 0.203. The molecule has 2 heterocycles. The van der Waals surface area contributed by atoms with E-state index >= 15 is 0 Å². The van der Waals surface area contributed by atoms with Crippen LogP contribution in [-0.4, -0.2) is 5.92 Å². The molecule has 0 bridgehead atoms. The summed E-state index contributed by atoms with van der Waals surface area (Å²) in [6, 6.07) is 21.2. The Bertz CT molecular complexity index is 1540. The van der Waals surface area contributed by atoms with Crippen molar-refractivity contribution in [2.45, 2.75) is 48.0 Å². The summed E-state index contributed by atoms with van der Waals surface area (Å²) in [6.07, 6.45) is 4.64. The SMILES string of the molecule is CC1=Cc2c(-c3ccc(C)o3)cccc2[CH]1[Zr]([Cl])([Cl])([CH]1C(C)=Cc2c(-c3ccc(C)o3)cccc21)[SiH](C)C. The van der Waals surface area contributed by atoms with Crippen molar-refractivity contribution < 1.29 is 24.4 Å². The van der Waals surface area contributed by atoms with Gasteiger partial charge in [-0.2, -0.15) is 0 Å². The third kappa shape index (κ3) is 3.74. The van der Waals surface area contributed by atoms with Crippen molar-refractivity contribution in [3.63, 3.8) is 0 Å². The van der Waals surface area contributed by atoms with E-state index in [1.165, 1.54) is 33.4 Å². The van der Waals surface area contributed by atoms with Crippen LogP contribution < -0.4 is 0 Å². The van der Waals surface area contributed by atoms with Gasteiger partial charge in [-0.15, -0.1) is 0 Å². The predicted octanol–water partition coefficient (Wildman–Crippen LogP) is 10.4. The van der Waals surface area contributed by atoms with Crippen LogP contribution in [0.1, 0.15) is 54.9 Å². The van der Waals surface area contributed by atoms with Crippen molar-refractivity contribution in [1.82, 2.24) is 0 Å². The van der Waals surface area contributed by atoms with E-state index in [4.69, 9.17) is 25.9 Å². The fourth-order valence-electron chi connectivity index (χ4n) is 6.99. The molecule has 4 aromatic rings. The molecule has 6 rings (SSSR count). The Labute approximate surface area is 234 Å². The van der Waals surface area contributed by atoms with E-state index in [-0.39, 0.29) is 7.25 Å². The van der Waals surface area contributed by atoms with Gasteiger partial charge in [0, 0.05) is 0 Å². The molecule has 2 aliphatic rings. The van der Waals surface area contributed by atoms with Crippen LogP contribution in [0.2, 0.25) is 13.1 Å². The van der Waals surface area contributed by atoms with Crippen LogP contribution in [0.4, 0.5) is 0 Å². The first kappa shape index (κ1) is 26.4. The maximum atomic E-state index is 8.30. The summed E-state index contributed by atoms with van der Waals surface area (Å²) in [7, 11) is 16.6. The molecule has 6 heteroatoms. The van der Waals surface area contributed by atoms with E-state index in [1.807, 2.05) is 26.0 Å². The van der Waals surface area contributed by atoms with Crippen LogP contribution in [0.25, 0.3) is 34.8 Å². The van der Waals surface area contributed by atoms with Crippen LogP contribution >= 0.6 is 17.0 Å². The van der Waals surface area contributed by atoms with Crippen LogP contribution in [0.3, 0.4) is 0 Å². The molecular weight excluding hydrogens is 607 g/mol. The van der Waals surface area contributed by atoms with Gasteiger partial charge in [0.15, 0.2) is 0 Å². The van der Waals surface area contributed by atoms with E-state index in [1.54, 1.807) is 0 Å². The van der Waals surface area contributed by atoms with Crippen LogP contribution in [0, 0.1) is 13.8 Å². The topological polar surface area (TPSA) is 26.3 Å². The molecule has 195 valence electrons. The van der Waals surface area contributed by atoms with E-state index in [2.05, 4.69) is 87.6 Å². The van der Waals surface area contributed by atoms with Crippen molar-refractivity contribution in [3.05, 3.63) is 106 Å². The third-order valence-corrected chi connectivity index (χ3v) is 61.0. The number of rotatable bonds is 5.